The van der Waals surface area contributed by atoms with Gasteiger partial charge in [0.15, 0.2) is 0 Å². The molecule has 0 bridgehead atoms. The highest BCUT2D eigenvalue weighted by Crippen LogP contribution is 2.23. The van der Waals surface area contributed by atoms with Crippen LogP contribution in [0.1, 0.15) is 0 Å². The molecule has 1 aliphatic carbocycles. The van der Waals surface area contributed by atoms with Crippen LogP contribution in [0.5, 0.6) is 0 Å². The lowest BCUT2D eigenvalue weighted by atomic mass is 9.85. The van der Waals surface area contributed by atoms with E-state index >= 15 is 0 Å². The Morgan fingerprint density at radius 1 is 0.714 bits per heavy atom. The van der Waals surface area contributed by atoms with Crippen molar-refractivity contribution in [3.05, 3.63) is 0 Å². The van der Waals surface area contributed by atoms with Gasteiger partial charge in [-0.25, -0.2) is 0 Å². The van der Waals surface area contributed by atoms with Crippen molar-refractivity contribution < 1.29 is 35.4 Å². The molecule has 6 N–H and O–H groups in total. The van der Waals surface area contributed by atoms with E-state index in [1.165, 1.54) is 0 Å². The standard InChI is InChI=1S/C7H14O7/c8-1-14-7-5(12)3(10)2(9)4(11)6(7)13/h2-13H,1H2/t2?,3-,4+,5-,6-,7?/m0/s1. The number of ether oxygens (including phenoxy) is 1. The third kappa shape index (κ3) is 1.89. The molecular formula is C7H14O7. The van der Waals surface area contributed by atoms with Crippen LogP contribution < -0.4 is 0 Å². The van der Waals surface area contributed by atoms with Gasteiger partial charge in [-0.1, -0.05) is 0 Å². The Kier molecular flexibility index (Phi) is 3.78. The first-order valence-electron chi connectivity index (χ1n) is 4.13. The van der Waals surface area contributed by atoms with Crippen LogP contribution in [0.15, 0.2) is 0 Å². The van der Waals surface area contributed by atoms with E-state index in [2.05, 4.69) is 4.74 Å². The smallest absolute Gasteiger partial charge is 0.144 e. The zero-order valence-corrected chi connectivity index (χ0v) is 7.26. The predicted molar refractivity (Wildman–Crippen MR) is 42.0 cm³/mol. The summed E-state index contributed by atoms with van der Waals surface area (Å²) in [5.41, 5.74) is 0. The molecular weight excluding hydrogens is 196 g/mol. The molecule has 14 heavy (non-hydrogen) atoms. The Labute approximate surface area is 79.8 Å². The molecule has 0 amide bonds. The second kappa shape index (κ2) is 4.49. The number of aliphatic hydroxyl groups is 6. The Morgan fingerprint density at radius 2 is 1.07 bits per heavy atom. The molecule has 0 aromatic heterocycles. The Hall–Kier alpha value is -0.280. The van der Waals surface area contributed by atoms with E-state index in [1.807, 2.05) is 0 Å². The van der Waals surface area contributed by atoms with E-state index in [4.69, 9.17) is 10.2 Å². The molecule has 2 unspecified atom stereocenters. The summed E-state index contributed by atoms with van der Waals surface area (Å²) in [5.74, 6) is 0. The average molecular weight is 210 g/mol. The van der Waals surface area contributed by atoms with E-state index in [0.29, 0.717) is 0 Å². The summed E-state index contributed by atoms with van der Waals surface area (Å²) in [6, 6.07) is 0. The van der Waals surface area contributed by atoms with Crippen molar-refractivity contribution in [3.8, 4) is 0 Å². The van der Waals surface area contributed by atoms with Gasteiger partial charge in [0, 0.05) is 0 Å². The van der Waals surface area contributed by atoms with Gasteiger partial charge in [0.1, 0.15) is 43.4 Å². The van der Waals surface area contributed by atoms with Gasteiger partial charge in [0.2, 0.25) is 0 Å². The molecule has 1 fully saturated rings. The maximum atomic E-state index is 9.31. The summed E-state index contributed by atoms with van der Waals surface area (Å²) < 4.78 is 4.52. The van der Waals surface area contributed by atoms with Gasteiger partial charge < -0.3 is 35.4 Å². The van der Waals surface area contributed by atoms with Gasteiger partial charge in [-0.2, -0.15) is 0 Å². The first-order valence-corrected chi connectivity index (χ1v) is 4.13. The Bertz CT molecular complexity index is 171. The second-order valence-electron chi connectivity index (χ2n) is 3.21. The van der Waals surface area contributed by atoms with Gasteiger partial charge in [-0.3, -0.25) is 0 Å². The lowest BCUT2D eigenvalue weighted by molar-refractivity contribution is -0.247. The topological polar surface area (TPSA) is 131 Å². The van der Waals surface area contributed by atoms with Gasteiger partial charge in [-0.05, 0) is 0 Å². The third-order valence-corrected chi connectivity index (χ3v) is 2.34. The van der Waals surface area contributed by atoms with Crippen LogP contribution in [0, 0.1) is 0 Å². The number of hydrogen-bond acceptors (Lipinski definition) is 7. The van der Waals surface area contributed by atoms with Crippen LogP contribution in [0.25, 0.3) is 0 Å². The van der Waals surface area contributed by atoms with Crippen LogP contribution in [-0.2, 0) is 4.74 Å². The average Bonchev–Trinajstić information content (AvgIpc) is 2.19. The van der Waals surface area contributed by atoms with Crippen molar-refractivity contribution in [1.82, 2.24) is 0 Å². The molecule has 7 heteroatoms. The van der Waals surface area contributed by atoms with E-state index in [0.717, 1.165) is 0 Å². The van der Waals surface area contributed by atoms with Crippen LogP contribution >= 0.6 is 0 Å². The fraction of sp³-hybridized carbons (Fsp3) is 1.00. The van der Waals surface area contributed by atoms with Crippen LogP contribution in [0.4, 0.5) is 0 Å². The molecule has 0 aromatic carbocycles. The van der Waals surface area contributed by atoms with E-state index < -0.39 is 43.4 Å². The minimum Gasteiger partial charge on any atom is -0.387 e. The fourth-order valence-electron chi connectivity index (χ4n) is 1.48. The lowest BCUT2D eigenvalue weighted by Gasteiger charge is -2.41. The molecule has 0 heterocycles. The Balaban J connectivity index is 2.75. The normalized spacial score (nSPS) is 49.3. The molecule has 6 atom stereocenters. The highest BCUT2D eigenvalue weighted by atomic mass is 16.6. The summed E-state index contributed by atoms with van der Waals surface area (Å²) in [6.45, 7) is -0.770. The number of aliphatic hydroxyl groups excluding tert-OH is 6. The molecule has 1 aliphatic rings. The van der Waals surface area contributed by atoms with Gasteiger partial charge >= 0.3 is 0 Å². The SMILES string of the molecule is OCOC1[C@@H](O)[C@H](O)C(O)[C@H](O)[C@@H]1O. The summed E-state index contributed by atoms with van der Waals surface area (Å²) in [5, 5.41) is 54.6. The highest BCUT2D eigenvalue weighted by molar-refractivity contribution is 4.99. The summed E-state index contributed by atoms with van der Waals surface area (Å²) in [7, 11) is 0. The van der Waals surface area contributed by atoms with Crippen molar-refractivity contribution in [3.63, 3.8) is 0 Å². The van der Waals surface area contributed by atoms with Crippen LogP contribution in [-0.4, -0.2) is 74.1 Å². The third-order valence-electron chi connectivity index (χ3n) is 2.34. The minimum atomic E-state index is -1.64. The van der Waals surface area contributed by atoms with Crippen molar-refractivity contribution in [2.75, 3.05) is 6.79 Å². The molecule has 0 saturated heterocycles. The zero-order valence-electron chi connectivity index (χ0n) is 7.26. The first-order chi connectivity index (χ1) is 6.50. The fourth-order valence-corrected chi connectivity index (χ4v) is 1.48. The predicted octanol–water partition coefficient (Wildman–Crippen LogP) is -3.86. The van der Waals surface area contributed by atoms with Crippen molar-refractivity contribution in [2.45, 2.75) is 36.6 Å². The van der Waals surface area contributed by atoms with Gasteiger partial charge in [0.05, 0.1) is 0 Å². The van der Waals surface area contributed by atoms with E-state index in [-0.39, 0.29) is 0 Å². The number of rotatable bonds is 2. The lowest BCUT2D eigenvalue weighted by Crippen LogP contribution is -2.64. The number of hydrogen-bond donors (Lipinski definition) is 6. The zero-order chi connectivity index (χ0) is 10.9. The van der Waals surface area contributed by atoms with Crippen molar-refractivity contribution >= 4 is 0 Å². The monoisotopic (exact) mass is 210 g/mol. The second-order valence-corrected chi connectivity index (χ2v) is 3.21. The maximum absolute atomic E-state index is 9.31. The van der Waals surface area contributed by atoms with E-state index in [1.54, 1.807) is 0 Å². The molecule has 0 spiro atoms. The van der Waals surface area contributed by atoms with Crippen LogP contribution in [0.2, 0.25) is 0 Å². The van der Waals surface area contributed by atoms with Crippen molar-refractivity contribution in [2.24, 2.45) is 0 Å². The molecule has 84 valence electrons. The molecule has 1 saturated carbocycles. The maximum Gasteiger partial charge on any atom is 0.144 e. The first kappa shape index (κ1) is 11.8. The largest absolute Gasteiger partial charge is 0.387 e. The summed E-state index contributed by atoms with van der Waals surface area (Å²) in [4.78, 5) is 0. The van der Waals surface area contributed by atoms with Gasteiger partial charge in [0.25, 0.3) is 0 Å². The van der Waals surface area contributed by atoms with Crippen molar-refractivity contribution in [1.29, 1.82) is 0 Å². The van der Waals surface area contributed by atoms with E-state index in [9.17, 15) is 20.4 Å². The molecule has 0 aliphatic heterocycles. The van der Waals surface area contributed by atoms with Crippen LogP contribution in [0.3, 0.4) is 0 Å². The summed E-state index contributed by atoms with van der Waals surface area (Å²) in [6.07, 6.45) is -9.33. The van der Waals surface area contributed by atoms with Gasteiger partial charge in [-0.15, -0.1) is 0 Å². The molecule has 1 rings (SSSR count). The minimum absolute atomic E-state index is 0.770. The summed E-state index contributed by atoms with van der Waals surface area (Å²) >= 11 is 0. The molecule has 0 radical (unpaired) electrons. The Morgan fingerprint density at radius 3 is 1.43 bits per heavy atom. The quantitative estimate of drug-likeness (QED) is 0.257. The molecule has 7 nitrogen and oxygen atoms in total. The highest BCUT2D eigenvalue weighted by Gasteiger charge is 2.48. The molecule has 0 aromatic rings.